The number of benzene rings is 1. The third-order valence-corrected chi connectivity index (χ3v) is 4.25. The van der Waals surface area contributed by atoms with Gasteiger partial charge in [0.1, 0.15) is 0 Å². The second-order valence-electron chi connectivity index (χ2n) is 4.06. The van der Waals surface area contributed by atoms with Crippen LogP contribution in [0.4, 0.5) is 0 Å². The Morgan fingerprint density at radius 2 is 2.00 bits per heavy atom. The van der Waals surface area contributed by atoms with E-state index < -0.39 is 0 Å². The molecule has 2 aromatic rings. The van der Waals surface area contributed by atoms with Crippen LogP contribution in [0.25, 0.3) is 0 Å². The molecule has 1 aromatic heterocycles. The fraction of sp³-hybridized carbons (Fsp3) is 0.286. The summed E-state index contributed by atoms with van der Waals surface area (Å²) in [5.41, 5.74) is 1.37. The van der Waals surface area contributed by atoms with E-state index in [0.717, 1.165) is 18.0 Å². The van der Waals surface area contributed by atoms with Crippen LogP contribution in [0.15, 0.2) is 41.8 Å². The first-order chi connectivity index (χ1) is 8.31. The number of hydrogen-bond acceptors (Lipinski definition) is 2. The van der Waals surface area contributed by atoms with Crippen molar-refractivity contribution in [2.24, 2.45) is 0 Å². The Morgan fingerprint density at radius 3 is 2.59 bits per heavy atom. The fourth-order valence-corrected chi connectivity index (χ4v) is 3.17. The van der Waals surface area contributed by atoms with Gasteiger partial charge in [-0.05, 0) is 30.5 Å². The molecule has 1 aromatic carbocycles. The Kier molecular flexibility index (Phi) is 4.60. The molecule has 0 aliphatic heterocycles. The summed E-state index contributed by atoms with van der Waals surface area (Å²) < 4.78 is 0. The lowest BCUT2D eigenvalue weighted by molar-refractivity contribution is 0.630. The number of nitrogens with one attached hydrogen (secondary N) is 1. The second-order valence-corrected chi connectivity index (χ2v) is 5.47. The Hall–Kier alpha value is -0.830. The topological polar surface area (TPSA) is 12.0 Å². The normalized spacial score (nSPS) is 12.6. The zero-order valence-corrected chi connectivity index (χ0v) is 11.4. The van der Waals surface area contributed by atoms with Crippen molar-refractivity contribution in [1.29, 1.82) is 0 Å². The van der Waals surface area contributed by atoms with Crippen LogP contribution in [0.2, 0.25) is 5.02 Å². The zero-order chi connectivity index (χ0) is 12.1. The van der Waals surface area contributed by atoms with Gasteiger partial charge in [0.05, 0.1) is 5.02 Å². The molecule has 90 valence electrons. The van der Waals surface area contributed by atoms with E-state index in [1.807, 2.05) is 13.1 Å². The first-order valence-electron chi connectivity index (χ1n) is 5.72. The van der Waals surface area contributed by atoms with Crippen molar-refractivity contribution in [3.63, 3.8) is 0 Å². The third kappa shape index (κ3) is 3.32. The van der Waals surface area contributed by atoms with Crippen LogP contribution in [0, 0.1) is 0 Å². The molecule has 0 radical (unpaired) electrons. The maximum Gasteiger partial charge on any atom is 0.0545 e. The molecule has 1 heterocycles. The van der Waals surface area contributed by atoms with Crippen molar-refractivity contribution in [2.75, 3.05) is 13.6 Å². The second kappa shape index (κ2) is 6.20. The molecule has 1 unspecified atom stereocenters. The summed E-state index contributed by atoms with van der Waals surface area (Å²) in [6, 6.07) is 12.6. The van der Waals surface area contributed by atoms with Crippen LogP contribution in [0.1, 0.15) is 16.4 Å². The molecule has 17 heavy (non-hydrogen) atoms. The molecule has 0 bridgehead atoms. The van der Waals surface area contributed by atoms with E-state index in [9.17, 15) is 0 Å². The molecule has 0 fully saturated rings. The summed E-state index contributed by atoms with van der Waals surface area (Å²) >= 11 is 7.90. The molecule has 3 heteroatoms. The van der Waals surface area contributed by atoms with Gasteiger partial charge in [-0.15, -0.1) is 11.3 Å². The number of halogens is 1. The number of hydrogen-bond donors (Lipinski definition) is 1. The van der Waals surface area contributed by atoms with Gasteiger partial charge >= 0.3 is 0 Å². The van der Waals surface area contributed by atoms with Crippen LogP contribution in [-0.4, -0.2) is 13.6 Å². The van der Waals surface area contributed by atoms with Gasteiger partial charge in [0.2, 0.25) is 0 Å². The van der Waals surface area contributed by atoms with Gasteiger partial charge in [0.25, 0.3) is 0 Å². The summed E-state index contributed by atoms with van der Waals surface area (Å²) in [5, 5.41) is 6.21. The van der Waals surface area contributed by atoms with E-state index in [4.69, 9.17) is 11.6 Å². The molecular formula is C14H16ClNS. The molecule has 0 saturated carbocycles. The minimum Gasteiger partial charge on any atom is -0.319 e. The van der Waals surface area contributed by atoms with Gasteiger partial charge in [-0.3, -0.25) is 0 Å². The standard InChI is InChI=1S/C14H16ClNS/c1-16-10-12(11-5-3-2-4-6-11)9-14-13(15)7-8-17-14/h2-8,12,16H,9-10H2,1H3. The van der Waals surface area contributed by atoms with Gasteiger partial charge in [-0.1, -0.05) is 41.9 Å². The molecule has 0 spiro atoms. The predicted molar refractivity (Wildman–Crippen MR) is 76.1 cm³/mol. The van der Waals surface area contributed by atoms with Crippen LogP contribution >= 0.6 is 22.9 Å². The highest BCUT2D eigenvalue weighted by atomic mass is 35.5. The monoisotopic (exact) mass is 265 g/mol. The average Bonchev–Trinajstić information content (AvgIpc) is 2.76. The summed E-state index contributed by atoms with van der Waals surface area (Å²) in [6.45, 7) is 0.970. The van der Waals surface area contributed by atoms with E-state index in [1.165, 1.54) is 10.4 Å². The molecule has 1 nitrogen and oxygen atoms in total. The SMILES string of the molecule is CNCC(Cc1sccc1Cl)c1ccccc1. The van der Waals surface area contributed by atoms with E-state index in [-0.39, 0.29) is 0 Å². The van der Waals surface area contributed by atoms with Gasteiger partial charge in [0.15, 0.2) is 0 Å². The summed E-state index contributed by atoms with van der Waals surface area (Å²) in [6.07, 6.45) is 1.00. The van der Waals surface area contributed by atoms with Crippen LogP contribution in [-0.2, 0) is 6.42 Å². The fourth-order valence-electron chi connectivity index (χ4n) is 1.97. The molecule has 0 amide bonds. The van der Waals surface area contributed by atoms with E-state index >= 15 is 0 Å². The number of likely N-dealkylation sites (N-methyl/N-ethyl adjacent to an activating group) is 1. The van der Waals surface area contributed by atoms with E-state index in [1.54, 1.807) is 11.3 Å². The lowest BCUT2D eigenvalue weighted by Crippen LogP contribution is -2.18. The smallest absolute Gasteiger partial charge is 0.0545 e. The largest absolute Gasteiger partial charge is 0.319 e. The molecule has 0 saturated heterocycles. The lowest BCUT2D eigenvalue weighted by atomic mass is 9.95. The van der Waals surface area contributed by atoms with Crippen LogP contribution in [0.5, 0.6) is 0 Å². The summed E-state index contributed by atoms with van der Waals surface area (Å²) in [7, 11) is 1.99. The predicted octanol–water partition coefficient (Wildman–Crippen LogP) is 3.95. The molecule has 1 atom stereocenters. The van der Waals surface area contributed by atoms with Gasteiger partial charge < -0.3 is 5.32 Å². The van der Waals surface area contributed by atoms with E-state index in [2.05, 4.69) is 41.0 Å². The molecule has 0 aliphatic rings. The maximum atomic E-state index is 6.16. The van der Waals surface area contributed by atoms with Crippen molar-refractivity contribution in [1.82, 2.24) is 5.32 Å². The minimum absolute atomic E-state index is 0.484. The Balaban J connectivity index is 2.16. The highest BCUT2D eigenvalue weighted by Crippen LogP contribution is 2.28. The Labute approximate surface area is 111 Å². The Bertz CT molecular complexity index is 452. The van der Waals surface area contributed by atoms with Crippen molar-refractivity contribution < 1.29 is 0 Å². The molecule has 2 rings (SSSR count). The van der Waals surface area contributed by atoms with Gasteiger partial charge in [0, 0.05) is 17.3 Å². The quantitative estimate of drug-likeness (QED) is 0.863. The summed E-state index contributed by atoms with van der Waals surface area (Å²) in [4.78, 5) is 1.27. The third-order valence-electron chi connectivity index (χ3n) is 2.84. The van der Waals surface area contributed by atoms with Gasteiger partial charge in [-0.2, -0.15) is 0 Å². The zero-order valence-electron chi connectivity index (χ0n) is 9.82. The lowest BCUT2D eigenvalue weighted by Gasteiger charge is -2.16. The number of thiophene rings is 1. The van der Waals surface area contributed by atoms with Crippen LogP contribution in [0.3, 0.4) is 0 Å². The van der Waals surface area contributed by atoms with E-state index in [0.29, 0.717) is 5.92 Å². The first kappa shape index (κ1) is 12.6. The maximum absolute atomic E-state index is 6.16. The summed E-state index contributed by atoms with van der Waals surface area (Å²) in [5.74, 6) is 0.484. The highest BCUT2D eigenvalue weighted by molar-refractivity contribution is 7.10. The molecule has 0 aliphatic carbocycles. The number of rotatable bonds is 5. The van der Waals surface area contributed by atoms with Crippen molar-refractivity contribution in [3.05, 3.63) is 57.2 Å². The average molecular weight is 266 g/mol. The Morgan fingerprint density at radius 1 is 1.24 bits per heavy atom. The van der Waals surface area contributed by atoms with Crippen molar-refractivity contribution in [2.45, 2.75) is 12.3 Å². The highest BCUT2D eigenvalue weighted by Gasteiger charge is 2.13. The molecule has 1 N–H and O–H groups in total. The van der Waals surface area contributed by atoms with Crippen molar-refractivity contribution in [3.8, 4) is 0 Å². The molecular weight excluding hydrogens is 250 g/mol. The first-order valence-corrected chi connectivity index (χ1v) is 6.98. The van der Waals surface area contributed by atoms with Crippen LogP contribution < -0.4 is 5.32 Å². The minimum atomic E-state index is 0.484. The van der Waals surface area contributed by atoms with Gasteiger partial charge in [-0.25, -0.2) is 0 Å². The van der Waals surface area contributed by atoms with Crippen molar-refractivity contribution >= 4 is 22.9 Å².